The molecule has 0 radical (unpaired) electrons. The summed E-state index contributed by atoms with van der Waals surface area (Å²) in [7, 11) is 0. The van der Waals surface area contributed by atoms with Crippen LogP contribution in [0.3, 0.4) is 0 Å². The third-order valence-electron chi connectivity index (χ3n) is 5.52. The van der Waals surface area contributed by atoms with Gasteiger partial charge in [-0.05, 0) is 54.4 Å². The van der Waals surface area contributed by atoms with Crippen molar-refractivity contribution in [2.45, 2.75) is 51.9 Å². The van der Waals surface area contributed by atoms with Gasteiger partial charge in [0.15, 0.2) is 5.05 Å². The first-order chi connectivity index (χ1) is 15.6. The summed E-state index contributed by atoms with van der Waals surface area (Å²) in [5.41, 5.74) is 4.13. The second-order valence-electron chi connectivity index (χ2n) is 7.99. The minimum absolute atomic E-state index is 0.260. The number of aryl methyl sites for hydroxylation is 1. The van der Waals surface area contributed by atoms with Gasteiger partial charge in [-0.25, -0.2) is 4.79 Å². The van der Waals surface area contributed by atoms with E-state index in [1.165, 1.54) is 37.7 Å². The van der Waals surface area contributed by atoms with Crippen LogP contribution in [-0.2, 0) is 6.42 Å². The van der Waals surface area contributed by atoms with Gasteiger partial charge < -0.3 is 9.84 Å². The Balaban J connectivity index is 1.81. The minimum Gasteiger partial charge on any atom is -0.478 e. The van der Waals surface area contributed by atoms with Gasteiger partial charge in [0.1, 0.15) is 5.75 Å². The third-order valence-corrected chi connectivity index (χ3v) is 5.84. The van der Waals surface area contributed by atoms with Crippen molar-refractivity contribution in [3.8, 4) is 16.9 Å². The van der Waals surface area contributed by atoms with E-state index in [-0.39, 0.29) is 5.56 Å². The number of carboxylic acid groups (broad SMARTS) is 1. The molecule has 0 aliphatic carbocycles. The van der Waals surface area contributed by atoms with Crippen molar-refractivity contribution in [2.75, 3.05) is 0 Å². The number of rotatable bonds is 11. The predicted octanol–water partition coefficient (Wildman–Crippen LogP) is 7.71. The average Bonchev–Trinajstić information content (AvgIpc) is 2.82. The van der Waals surface area contributed by atoms with Gasteiger partial charge in [0.05, 0.1) is 5.56 Å². The quantitative estimate of drug-likeness (QED) is 0.242. The molecule has 0 amide bonds. The molecular weight excluding hydrogens is 416 g/mol. The number of unbranched alkanes of at least 4 members (excludes halogenated alkanes) is 5. The van der Waals surface area contributed by atoms with E-state index in [4.69, 9.17) is 17.0 Å². The molecule has 3 aromatic rings. The molecule has 0 atom stereocenters. The van der Waals surface area contributed by atoms with E-state index in [2.05, 4.69) is 19.1 Å². The second-order valence-corrected chi connectivity index (χ2v) is 8.36. The standard InChI is InChI=1S/C28H30O3S/c1-2-3-4-5-6-8-11-21-14-19-25(22-15-17-23(18-16-22)27(29)30)26(20-21)31-28(32)24-12-9-7-10-13-24/h7,9-10,12-20H,2-6,8,11H2,1H3,(H,29,30). The molecule has 0 bridgehead atoms. The molecule has 0 saturated heterocycles. The summed E-state index contributed by atoms with van der Waals surface area (Å²) >= 11 is 5.56. The number of thiocarbonyl (C=S) groups is 1. The highest BCUT2D eigenvalue weighted by atomic mass is 32.1. The molecule has 0 aliphatic heterocycles. The topological polar surface area (TPSA) is 46.5 Å². The van der Waals surface area contributed by atoms with Crippen molar-refractivity contribution >= 4 is 23.2 Å². The van der Waals surface area contributed by atoms with Crippen LogP contribution in [0.25, 0.3) is 11.1 Å². The van der Waals surface area contributed by atoms with Gasteiger partial charge in [-0.1, -0.05) is 93.6 Å². The summed E-state index contributed by atoms with van der Waals surface area (Å²) in [5.74, 6) is -0.238. The van der Waals surface area contributed by atoms with E-state index in [9.17, 15) is 9.90 Å². The number of benzene rings is 3. The van der Waals surface area contributed by atoms with Crippen LogP contribution in [0.15, 0.2) is 72.8 Å². The van der Waals surface area contributed by atoms with Gasteiger partial charge in [0.25, 0.3) is 0 Å². The van der Waals surface area contributed by atoms with Crippen LogP contribution in [0.2, 0.25) is 0 Å². The maximum Gasteiger partial charge on any atom is 0.335 e. The van der Waals surface area contributed by atoms with E-state index in [0.29, 0.717) is 10.8 Å². The van der Waals surface area contributed by atoms with Gasteiger partial charge in [-0.2, -0.15) is 0 Å². The number of aromatic carboxylic acids is 1. The van der Waals surface area contributed by atoms with E-state index in [0.717, 1.165) is 29.5 Å². The Morgan fingerprint density at radius 3 is 2.22 bits per heavy atom. The van der Waals surface area contributed by atoms with Gasteiger partial charge in [-0.15, -0.1) is 0 Å². The number of hydrogen-bond donors (Lipinski definition) is 1. The minimum atomic E-state index is -0.937. The van der Waals surface area contributed by atoms with Crippen LogP contribution in [0.5, 0.6) is 5.75 Å². The molecule has 0 spiro atoms. The Hall–Kier alpha value is -2.98. The molecule has 32 heavy (non-hydrogen) atoms. The zero-order chi connectivity index (χ0) is 22.8. The van der Waals surface area contributed by atoms with Gasteiger partial charge in [-0.3, -0.25) is 0 Å². The van der Waals surface area contributed by atoms with Crippen LogP contribution in [0, 0.1) is 0 Å². The molecule has 4 heteroatoms. The Bertz CT molecular complexity index is 1030. The third kappa shape index (κ3) is 6.76. The Morgan fingerprint density at radius 1 is 0.844 bits per heavy atom. The second kappa shape index (κ2) is 12.2. The van der Waals surface area contributed by atoms with E-state index in [1.807, 2.05) is 48.5 Å². The van der Waals surface area contributed by atoms with E-state index in [1.54, 1.807) is 12.1 Å². The Morgan fingerprint density at radius 2 is 1.53 bits per heavy atom. The van der Waals surface area contributed by atoms with E-state index >= 15 is 0 Å². The Labute approximate surface area is 196 Å². The first-order valence-electron chi connectivity index (χ1n) is 11.3. The molecule has 0 aliphatic rings. The van der Waals surface area contributed by atoms with Crippen LogP contribution in [-0.4, -0.2) is 16.1 Å². The fourth-order valence-corrected chi connectivity index (χ4v) is 3.91. The molecule has 0 fully saturated rings. The zero-order valence-corrected chi connectivity index (χ0v) is 19.4. The molecule has 3 nitrogen and oxygen atoms in total. The first kappa shape index (κ1) is 23.7. The smallest absolute Gasteiger partial charge is 0.335 e. The molecule has 0 aromatic heterocycles. The number of carbonyl (C=O) groups is 1. The highest BCUT2D eigenvalue weighted by Crippen LogP contribution is 2.32. The van der Waals surface area contributed by atoms with Crippen LogP contribution in [0.4, 0.5) is 0 Å². The molecule has 1 N–H and O–H groups in total. The highest BCUT2D eigenvalue weighted by Gasteiger charge is 2.13. The molecule has 3 aromatic carbocycles. The molecule has 0 saturated carbocycles. The maximum atomic E-state index is 11.2. The summed E-state index contributed by atoms with van der Waals surface area (Å²) in [4.78, 5) is 11.2. The lowest BCUT2D eigenvalue weighted by Gasteiger charge is -2.14. The van der Waals surface area contributed by atoms with Crippen molar-refractivity contribution in [2.24, 2.45) is 0 Å². The molecule has 166 valence electrons. The fourth-order valence-electron chi connectivity index (χ4n) is 3.68. The average molecular weight is 447 g/mol. The van der Waals surface area contributed by atoms with Crippen molar-refractivity contribution < 1.29 is 14.6 Å². The van der Waals surface area contributed by atoms with Crippen molar-refractivity contribution in [3.05, 3.63) is 89.5 Å². The van der Waals surface area contributed by atoms with Gasteiger partial charge in [0, 0.05) is 11.1 Å². The number of carboxylic acids is 1. The van der Waals surface area contributed by atoms with Crippen LogP contribution in [0.1, 0.15) is 66.9 Å². The molecular formula is C28H30O3S. The highest BCUT2D eigenvalue weighted by molar-refractivity contribution is 7.80. The lowest BCUT2D eigenvalue weighted by atomic mass is 9.98. The summed E-state index contributed by atoms with van der Waals surface area (Å²) in [6.45, 7) is 2.23. The van der Waals surface area contributed by atoms with Gasteiger partial charge >= 0.3 is 5.97 Å². The monoisotopic (exact) mass is 446 g/mol. The van der Waals surface area contributed by atoms with E-state index < -0.39 is 5.97 Å². The maximum absolute atomic E-state index is 11.2. The lowest BCUT2D eigenvalue weighted by molar-refractivity contribution is 0.0697. The summed E-state index contributed by atoms with van der Waals surface area (Å²) < 4.78 is 6.18. The SMILES string of the molecule is CCCCCCCCc1ccc(-c2ccc(C(=O)O)cc2)c(OC(=S)c2ccccc2)c1. The molecule has 0 heterocycles. The Kier molecular flexibility index (Phi) is 9.00. The zero-order valence-electron chi connectivity index (χ0n) is 18.5. The van der Waals surface area contributed by atoms with Crippen molar-refractivity contribution in [3.63, 3.8) is 0 Å². The summed E-state index contributed by atoms with van der Waals surface area (Å²) in [6.07, 6.45) is 8.54. The summed E-state index contributed by atoms with van der Waals surface area (Å²) in [6, 6.07) is 22.8. The first-order valence-corrected chi connectivity index (χ1v) is 11.7. The normalized spacial score (nSPS) is 10.7. The van der Waals surface area contributed by atoms with Crippen molar-refractivity contribution in [1.82, 2.24) is 0 Å². The van der Waals surface area contributed by atoms with Gasteiger partial charge in [0.2, 0.25) is 0 Å². The number of hydrogen-bond acceptors (Lipinski definition) is 3. The van der Waals surface area contributed by atoms with Crippen molar-refractivity contribution in [1.29, 1.82) is 0 Å². The summed E-state index contributed by atoms with van der Waals surface area (Å²) in [5, 5.41) is 9.61. The number of ether oxygens (including phenoxy) is 1. The molecule has 0 unspecified atom stereocenters. The largest absolute Gasteiger partial charge is 0.478 e. The predicted molar refractivity (Wildman–Crippen MR) is 135 cm³/mol. The van der Waals surface area contributed by atoms with Crippen LogP contribution >= 0.6 is 12.2 Å². The molecule has 3 rings (SSSR count). The lowest BCUT2D eigenvalue weighted by Crippen LogP contribution is -2.08. The van der Waals surface area contributed by atoms with Crippen LogP contribution < -0.4 is 4.74 Å². The fraction of sp³-hybridized carbons (Fsp3) is 0.286.